The van der Waals surface area contributed by atoms with Crippen LogP contribution in [0.1, 0.15) is 16.7 Å². The third kappa shape index (κ3) is 16.0. The summed E-state index contributed by atoms with van der Waals surface area (Å²) in [6, 6.07) is 152. The van der Waals surface area contributed by atoms with Gasteiger partial charge in [0.15, 0.2) is 0 Å². The Balaban J connectivity index is 0.598. The molecule has 0 atom stereocenters. The lowest BCUT2D eigenvalue weighted by atomic mass is 9.89. The predicted octanol–water partition coefficient (Wildman–Crippen LogP) is 31.1. The fraction of sp³-hybridized carbons (Fsp3) is 0. The molecule has 12 heteroatoms. The lowest BCUT2D eigenvalue weighted by molar-refractivity contribution is 1.20. The van der Waals surface area contributed by atoms with Crippen LogP contribution in [0.5, 0.6) is 0 Å². The largest absolute Gasteiger partial charge is 0.255 e. The van der Waals surface area contributed by atoms with Gasteiger partial charge < -0.3 is 0 Å². The number of pyridine rings is 9. The molecule has 0 saturated heterocycles. The lowest BCUT2D eigenvalue weighted by Gasteiger charge is -2.16. The standard InChI is InChI=1S/C126H74N12/c127-73-78-25-31-81(32-26-78)91-40-41-94-56-97(44-42-93(94)55-91)108-60-85-13-1-4-18-90(85)65-113(108)105-68-122(116-22-8-10-53-131-116)138-126(72-105)120-66-95(51-54-132-120)100-46-49-117(133-76-100)123-69-103(111-63-88-16-6-3-15-87(88)62-110(111)99-45-48-107-96(58-99)19-11-20-106(107)84-35-29-80(75-129)30-36-84)70-124(136-123)118-50-47-101(77-134-118)114-23-12-24-119(135-114)125-71-104(67-121(137-125)115-21-7-9-52-130-115)112-64-89-17-5-2-14-86(89)61-109(112)98-43-38-83-37-39-92(57-102(83)59-98)82-33-27-79(74-128)28-34-82/h1-72,76-77H. The van der Waals surface area contributed by atoms with Crippen molar-refractivity contribution in [3.8, 4) is 209 Å². The molecule has 0 saturated carbocycles. The van der Waals surface area contributed by atoms with Gasteiger partial charge in [0, 0.05) is 42.1 Å². The van der Waals surface area contributed by atoms with Crippen molar-refractivity contribution in [2.24, 2.45) is 0 Å². The molecule has 0 bridgehead atoms. The van der Waals surface area contributed by atoms with Gasteiger partial charge in [-0.15, -0.1) is 0 Å². The zero-order valence-electron chi connectivity index (χ0n) is 74.1. The molecule has 0 unspecified atom stereocenters. The first-order chi connectivity index (χ1) is 68.1. The van der Waals surface area contributed by atoms with Crippen LogP contribution in [0.25, 0.3) is 255 Å². The van der Waals surface area contributed by atoms with Gasteiger partial charge in [-0.1, -0.05) is 212 Å². The number of hydrogen-bond acceptors (Lipinski definition) is 12. The quantitative estimate of drug-likeness (QED) is 0.0840. The molecule has 9 aromatic heterocycles. The van der Waals surface area contributed by atoms with Crippen molar-refractivity contribution in [2.75, 3.05) is 0 Å². The van der Waals surface area contributed by atoms with Crippen molar-refractivity contribution in [1.29, 1.82) is 15.8 Å². The maximum Gasteiger partial charge on any atom is 0.0991 e. The van der Waals surface area contributed by atoms with E-state index in [1.54, 1.807) is 12.4 Å². The highest BCUT2D eigenvalue weighted by Gasteiger charge is 2.24. The van der Waals surface area contributed by atoms with Gasteiger partial charge in [0.25, 0.3) is 0 Å². The summed E-state index contributed by atoms with van der Waals surface area (Å²) in [6.45, 7) is 0. The topological polar surface area (TPSA) is 187 Å². The van der Waals surface area contributed by atoms with Crippen LogP contribution in [-0.4, -0.2) is 44.9 Å². The summed E-state index contributed by atoms with van der Waals surface area (Å²) in [5.41, 5.74) is 31.8. The molecule has 9 heterocycles. The molecule has 24 aromatic rings. The van der Waals surface area contributed by atoms with E-state index in [9.17, 15) is 15.8 Å². The van der Waals surface area contributed by atoms with Crippen LogP contribution in [-0.2, 0) is 0 Å². The molecular weight excluding hydrogens is 1680 g/mol. The number of nitrogens with zero attached hydrogens (tertiary/aromatic N) is 12. The van der Waals surface area contributed by atoms with E-state index < -0.39 is 0 Å². The minimum atomic E-state index is 0.613. The summed E-state index contributed by atoms with van der Waals surface area (Å²) in [7, 11) is 0. The molecule has 0 spiro atoms. The molecule has 24 rings (SSSR count). The highest BCUT2D eigenvalue weighted by molar-refractivity contribution is 6.06. The van der Waals surface area contributed by atoms with Crippen molar-refractivity contribution in [3.05, 3.63) is 466 Å². The van der Waals surface area contributed by atoms with Gasteiger partial charge in [0.1, 0.15) is 0 Å². The van der Waals surface area contributed by atoms with Crippen molar-refractivity contribution in [1.82, 2.24) is 44.9 Å². The molecule has 0 aliphatic rings. The number of hydrogen-bond donors (Lipinski definition) is 0. The van der Waals surface area contributed by atoms with Crippen LogP contribution in [0.15, 0.2) is 450 Å². The van der Waals surface area contributed by atoms with E-state index >= 15 is 0 Å². The maximum absolute atomic E-state index is 9.72. The van der Waals surface area contributed by atoms with E-state index in [1.165, 1.54) is 0 Å². The Morgan fingerprint density at radius 1 is 0.145 bits per heavy atom. The number of fused-ring (bicyclic) bond motifs is 6. The Morgan fingerprint density at radius 2 is 0.449 bits per heavy atom. The minimum absolute atomic E-state index is 0.613. The van der Waals surface area contributed by atoms with E-state index in [0.717, 1.165) is 193 Å². The first kappa shape index (κ1) is 81.9. The fourth-order valence-corrected chi connectivity index (χ4v) is 19.0. The van der Waals surface area contributed by atoms with Crippen LogP contribution in [0.4, 0.5) is 0 Å². The molecular formula is C126H74N12. The van der Waals surface area contributed by atoms with Crippen LogP contribution >= 0.6 is 0 Å². The average Bonchev–Trinajstić information content (AvgIpc) is 0.763. The van der Waals surface area contributed by atoms with Crippen LogP contribution in [0, 0.1) is 34.0 Å². The molecule has 0 amide bonds. The van der Waals surface area contributed by atoms with Crippen LogP contribution in [0.3, 0.4) is 0 Å². The van der Waals surface area contributed by atoms with Crippen LogP contribution < -0.4 is 0 Å². The number of nitriles is 3. The van der Waals surface area contributed by atoms with Gasteiger partial charge in [-0.25, -0.2) is 19.9 Å². The predicted molar refractivity (Wildman–Crippen MR) is 558 cm³/mol. The second kappa shape index (κ2) is 35.1. The van der Waals surface area contributed by atoms with E-state index in [4.69, 9.17) is 44.9 Å². The lowest BCUT2D eigenvalue weighted by Crippen LogP contribution is -1.97. The molecule has 0 radical (unpaired) electrons. The van der Waals surface area contributed by atoms with Gasteiger partial charge in [-0.2, -0.15) is 15.8 Å². The molecule has 138 heavy (non-hydrogen) atoms. The van der Waals surface area contributed by atoms with Crippen LogP contribution in [0.2, 0.25) is 0 Å². The van der Waals surface area contributed by atoms with E-state index in [1.807, 2.05) is 164 Å². The van der Waals surface area contributed by atoms with E-state index in [2.05, 4.69) is 291 Å². The van der Waals surface area contributed by atoms with E-state index in [0.29, 0.717) is 79.3 Å². The van der Waals surface area contributed by atoms with Gasteiger partial charge in [-0.3, -0.25) is 24.9 Å². The molecule has 0 aliphatic heterocycles. The molecule has 0 aliphatic carbocycles. The molecule has 0 fully saturated rings. The highest BCUT2D eigenvalue weighted by Crippen LogP contribution is 2.47. The first-order valence-electron chi connectivity index (χ1n) is 45.6. The summed E-state index contributed by atoms with van der Waals surface area (Å²) >= 11 is 0. The summed E-state index contributed by atoms with van der Waals surface area (Å²) in [4.78, 5) is 47.2. The smallest absolute Gasteiger partial charge is 0.0991 e. The average molecular weight is 1760 g/mol. The molecule has 15 aromatic carbocycles. The Morgan fingerprint density at radius 3 is 0.899 bits per heavy atom. The van der Waals surface area contributed by atoms with E-state index in [-0.39, 0.29) is 0 Å². The monoisotopic (exact) mass is 1750 g/mol. The normalized spacial score (nSPS) is 11.3. The highest BCUT2D eigenvalue weighted by atomic mass is 14.8. The number of rotatable bonds is 17. The summed E-state index contributed by atoms with van der Waals surface area (Å²) < 4.78 is 0. The second-order valence-corrected chi connectivity index (χ2v) is 34.6. The fourth-order valence-electron chi connectivity index (χ4n) is 19.0. The Labute approximate surface area is 795 Å². The van der Waals surface area contributed by atoms with Crippen molar-refractivity contribution in [2.45, 2.75) is 0 Å². The van der Waals surface area contributed by atoms with Gasteiger partial charge >= 0.3 is 0 Å². The molecule has 0 N–H and O–H groups in total. The summed E-state index contributed by atoms with van der Waals surface area (Å²) in [5, 5.41) is 42.0. The van der Waals surface area contributed by atoms with Crippen molar-refractivity contribution in [3.63, 3.8) is 0 Å². The third-order valence-corrected chi connectivity index (χ3v) is 26.1. The summed E-state index contributed by atoms with van der Waals surface area (Å²) in [5.74, 6) is 0. The summed E-state index contributed by atoms with van der Waals surface area (Å²) in [6.07, 6.45) is 9.23. The number of benzene rings is 15. The van der Waals surface area contributed by atoms with Crippen molar-refractivity contribution >= 4 is 64.6 Å². The Kier molecular flexibility index (Phi) is 20.8. The minimum Gasteiger partial charge on any atom is -0.255 e. The Hall–Kier alpha value is -19.3. The van der Waals surface area contributed by atoms with Crippen molar-refractivity contribution < 1.29 is 0 Å². The van der Waals surface area contributed by atoms with Gasteiger partial charge in [-0.05, 0) is 377 Å². The Bertz CT molecular complexity index is 9110. The van der Waals surface area contributed by atoms with Gasteiger partial charge in [0.05, 0.1) is 109 Å². The number of aromatic nitrogens is 9. The first-order valence-corrected chi connectivity index (χ1v) is 45.6. The molecule has 12 nitrogen and oxygen atoms in total. The SMILES string of the molecule is N#Cc1ccc(-c2ccc3cc(-c4cc5ccccc5cc4-c4cc(-c5ccccn5)nc(-c5cc(-c6ccc(-c7cc(-c8cc9ccccc9cc8-c8ccc9c(-c%10ccc(C#N)cc%10)cccc9c8)cc(-c8ccc(-c9cccc(-c%10cc(-c%11cc%12ccccc%12cc%11-c%11ccc%12ccc(-c%13ccc(C#N)cc%13)cc%12c%11)cc(-c%11ccccn%11)n%10)n9)cn8)n7)nc6)ccn5)c4)ccc3c2)cc1. The van der Waals surface area contributed by atoms with Gasteiger partial charge in [0.2, 0.25) is 0 Å². The third-order valence-electron chi connectivity index (χ3n) is 26.1. The second-order valence-electron chi connectivity index (χ2n) is 34.6. The molecule has 638 valence electrons. The maximum atomic E-state index is 9.72. The zero-order valence-corrected chi connectivity index (χ0v) is 74.1. The zero-order chi connectivity index (χ0) is 92.1.